The van der Waals surface area contributed by atoms with Crippen LogP contribution in [0.4, 0.5) is 14.5 Å². The summed E-state index contributed by atoms with van der Waals surface area (Å²) in [5.41, 5.74) is 0.197. The zero-order chi connectivity index (χ0) is 26.0. The zero-order valence-corrected chi connectivity index (χ0v) is 20.3. The van der Waals surface area contributed by atoms with Gasteiger partial charge in [0.15, 0.2) is 5.69 Å². The highest BCUT2D eigenvalue weighted by atomic mass is 19.1. The van der Waals surface area contributed by atoms with Gasteiger partial charge in [0, 0.05) is 19.2 Å². The molecular formula is C26H27F2N5O3. The van der Waals surface area contributed by atoms with E-state index in [2.05, 4.69) is 15.6 Å². The van der Waals surface area contributed by atoms with Crippen molar-refractivity contribution in [1.29, 1.82) is 0 Å². The second kappa shape index (κ2) is 9.88. The molecule has 4 rings (SSSR count). The molecule has 188 valence electrons. The van der Waals surface area contributed by atoms with Crippen LogP contribution in [-0.2, 0) is 17.9 Å². The van der Waals surface area contributed by atoms with Gasteiger partial charge in [-0.15, -0.1) is 0 Å². The van der Waals surface area contributed by atoms with Crippen molar-refractivity contribution in [2.75, 3.05) is 11.9 Å². The zero-order valence-electron chi connectivity index (χ0n) is 20.3. The lowest BCUT2D eigenvalue weighted by Gasteiger charge is -2.43. The number of carbonyl (C=O) groups is 3. The fraction of sp³-hybridized carbons (Fsp3) is 0.308. The quantitative estimate of drug-likeness (QED) is 0.523. The first kappa shape index (κ1) is 25.0. The van der Waals surface area contributed by atoms with Crippen LogP contribution in [0.3, 0.4) is 0 Å². The Kier molecular flexibility index (Phi) is 6.87. The Bertz CT molecular complexity index is 1320. The second-order valence-corrected chi connectivity index (χ2v) is 9.05. The van der Waals surface area contributed by atoms with Gasteiger partial charge in [-0.25, -0.2) is 13.8 Å². The molecule has 0 spiro atoms. The predicted molar refractivity (Wildman–Crippen MR) is 129 cm³/mol. The molecule has 8 nitrogen and oxygen atoms in total. The number of hydrogen-bond donors (Lipinski definition) is 2. The molecule has 1 aliphatic rings. The van der Waals surface area contributed by atoms with Crippen LogP contribution in [0, 0.1) is 18.6 Å². The van der Waals surface area contributed by atoms with Gasteiger partial charge < -0.3 is 20.1 Å². The molecule has 2 heterocycles. The lowest BCUT2D eigenvalue weighted by Crippen LogP contribution is -2.64. The lowest BCUT2D eigenvalue weighted by atomic mass is 9.93. The Morgan fingerprint density at radius 1 is 1.14 bits per heavy atom. The van der Waals surface area contributed by atoms with Crippen LogP contribution in [0.15, 0.2) is 48.8 Å². The monoisotopic (exact) mass is 495 g/mol. The van der Waals surface area contributed by atoms with Crippen molar-refractivity contribution in [3.05, 3.63) is 82.9 Å². The number of carbonyl (C=O) groups excluding carboxylic acids is 3. The largest absolute Gasteiger partial charge is 0.350 e. The summed E-state index contributed by atoms with van der Waals surface area (Å²) < 4.78 is 29.0. The maximum Gasteiger partial charge on any atom is 0.276 e. The molecule has 1 atom stereocenters. The Morgan fingerprint density at radius 3 is 2.56 bits per heavy atom. The Hall–Kier alpha value is -4.08. The topological polar surface area (TPSA) is 96.3 Å². The van der Waals surface area contributed by atoms with Crippen molar-refractivity contribution in [3.63, 3.8) is 0 Å². The number of imidazole rings is 1. The molecule has 36 heavy (non-hydrogen) atoms. The molecule has 1 aliphatic heterocycles. The molecule has 3 amide bonds. The molecule has 0 bridgehead atoms. The number of aryl methyl sites for hydroxylation is 1. The highest BCUT2D eigenvalue weighted by molar-refractivity contribution is 6.11. The number of fused-ring (bicyclic) bond motifs is 1. The molecule has 0 radical (unpaired) electrons. The van der Waals surface area contributed by atoms with E-state index in [0.29, 0.717) is 13.0 Å². The normalized spacial score (nSPS) is 17.0. The molecule has 0 saturated carbocycles. The minimum absolute atomic E-state index is 0.0124. The van der Waals surface area contributed by atoms with Crippen LogP contribution in [0.2, 0.25) is 0 Å². The Labute approximate surface area is 207 Å². The fourth-order valence-electron chi connectivity index (χ4n) is 4.28. The molecule has 0 aliphatic carbocycles. The average molecular weight is 496 g/mol. The third-order valence-corrected chi connectivity index (χ3v) is 6.26. The van der Waals surface area contributed by atoms with Crippen LogP contribution in [0.25, 0.3) is 0 Å². The number of amides is 3. The van der Waals surface area contributed by atoms with Crippen molar-refractivity contribution in [3.8, 4) is 0 Å². The first-order chi connectivity index (χ1) is 17.1. The first-order valence-corrected chi connectivity index (χ1v) is 11.6. The number of aromatic nitrogens is 2. The molecule has 0 unspecified atom stereocenters. The summed E-state index contributed by atoms with van der Waals surface area (Å²) in [4.78, 5) is 45.3. The summed E-state index contributed by atoms with van der Waals surface area (Å²) in [5, 5.41) is 5.20. The highest BCUT2D eigenvalue weighted by Gasteiger charge is 2.48. The van der Waals surface area contributed by atoms with E-state index >= 15 is 0 Å². The summed E-state index contributed by atoms with van der Waals surface area (Å²) in [6.07, 6.45) is 1.88. The fourth-order valence-corrected chi connectivity index (χ4v) is 4.28. The number of rotatable bonds is 7. The standard InChI is InChI=1S/C26H27F2N5O3/c1-4-11-33-24(35)22-21(23(34)31-20-12-18(27)9-10-19(20)28)30-15-32(22)14-26(33,3)25(36)29-13-17-7-5-16(2)6-8-17/h5-10,12,15H,4,11,13-14H2,1-3H3,(H,29,36)(H,31,34)/t26-/m1/s1. The van der Waals surface area contributed by atoms with Crippen molar-refractivity contribution >= 4 is 23.4 Å². The molecular weight excluding hydrogens is 468 g/mol. The predicted octanol–water partition coefficient (Wildman–Crippen LogP) is 3.66. The van der Waals surface area contributed by atoms with Gasteiger partial charge >= 0.3 is 0 Å². The van der Waals surface area contributed by atoms with E-state index in [-0.39, 0.29) is 36.1 Å². The summed E-state index contributed by atoms with van der Waals surface area (Å²) >= 11 is 0. The molecule has 0 fully saturated rings. The van der Waals surface area contributed by atoms with E-state index in [1.54, 1.807) is 6.92 Å². The number of hydrogen-bond acceptors (Lipinski definition) is 4. The summed E-state index contributed by atoms with van der Waals surface area (Å²) in [5.74, 6) is -3.29. The summed E-state index contributed by atoms with van der Waals surface area (Å²) in [7, 11) is 0. The van der Waals surface area contributed by atoms with Crippen molar-refractivity contribution in [1.82, 2.24) is 19.8 Å². The maximum absolute atomic E-state index is 14.0. The van der Waals surface area contributed by atoms with Crippen LogP contribution in [-0.4, -0.2) is 44.3 Å². The average Bonchev–Trinajstić information content (AvgIpc) is 3.27. The molecule has 3 aromatic rings. The third-order valence-electron chi connectivity index (χ3n) is 6.26. The molecule has 10 heteroatoms. The smallest absolute Gasteiger partial charge is 0.276 e. The van der Waals surface area contributed by atoms with E-state index in [1.807, 2.05) is 38.1 Å². The number of halogens is 2. The minimum atomic E-state index is -1.23. The van der Waals surface area contributed by atoms with Gasteiger partial charge in [-0.3, -0.25) is 14.4 Å². The van der Waals surface area contributed by atoms with Crippen LogP contribution in [0.5, 0.6) is 0 Å². The number of nitrogens with zero attached hydrogens (tertiary/aromatic N) is 3. The van der Waals surface area contributed by atoms with Gasteiger partial charge in [-0.2, -0.15) is 0 Å². The third kappa shape index (κ3) is 4.71. The van der Waals surface area contributed by atoms with Crippen LogP contribution in [0.1, 0.15) is 52.4 Å². The van der Waals surface area contributed by atoms with E-state index in [9.17, 15) is 23.2 Å². The van der Waals surface area contributed by atoms with E-state index in [0.717, 1.165) is 29.3 Å². The lowest BCUT2D eigenvalue weighted by molar-refractivity contribution is -0.133. The number of anilines is 1. The van der Waals surface area contributed by atoms with Crippen LogP contribution >= 0.6 is 0 Å². The first-order valence-electron chi connectivity index (χ1n) is 11.6. The van der Waals surface area contributed by atoms with Crippen molar-refractivity contribution in [2.45, 2.75) is 45.8 Å². The van der Waals surface area contributed by atoms with Gasteiger partial charge in [0.05, 0.1) is 18.6 Å². The Balaban J connectivity index is 1.60. The molecule has 2 aromatic carbocycles. The van der Waals surface area contributed by atoms with E-state index in [4.69, 9.17) is 0 Å². The summed E-state index contributed by atoms with van der Waals surface area (Å²) in [6, 6.07) is 10.4. The maximum atomic E-state index is 14.0. The van der Waals surface area contributed by atoms with Gasteiger partial charge in [0.25, 0.3) is 11.8 Å². The number of nitrogens with one attached hydrogen (secondary N) is 2. The van der Waals surface area contributed by atoms with Gasteiger partial charge in [-0.1, -0.05) is 36.8 Å². The second-order valence-electron chi connectivity index (χ2n) is 9.05. The number of benzene rings is 2. The van der Waals surface area contributed by atoms with Crippen molar-refractivity contribution < 1.29 is 23.2 Å². The van der Waals surface area contributed by atoms with E-state index < -0.39 is 29.0 Å². The van der Waals surface area contributed by atoms with Crippen LogP contribution < -0.4 is 10.6 Å². The van der Waals surface area contributed by atoms with E-state index in [1.165, 1.54) is 15.8 Å². The summed E-state index contributed by atoms with van der Waals surface area (Å²) in [6.45, 7) is 6.18. The van der Waals surface area contributed by atoms with Gasteiger partial charge in [0.2, 0.25) is 5.91 Å². The molecule has 2 N–H and O–H groups in total. The molecule has 0 saturated heterocycles. The Morgan fingerprint density at radius 2 is 1.86 bits per heavy atom. The highest BCUT2D eigenvalue weighted by Crippen LogP contribution is 2.30. The van der Waals surface area contributed by atoms with Gasteiger partial charge in [0.1, 0.15) is 22.9 Å². The van der Waals surface area contributed by atoms with Gasteiger partial charge in [-0.05, 0) is 38.0 Å². The van der Waals surface area contributed by atoms with Crippen molar-refractivity contribution in [2.24, 2.45) is 0 Å². The molecule has 1 aromatic heterocycles. The SMILES string of the molecule is CCCN1C(=O)c2c(C(=O)Nc3cc(F)ccc3F)ncn2C[C@]1(C)C(=O)NCc1ccc(C)cc1. The minimum Gasteiger partial charge on any atom is -0.350 e.